The molecule has 2 aromatic rings. The minimum atomic E-state index is -0.113. The summed E-state index contributed by atoms with van der Waals surface area (Å²) in [6.45, 7) is 11.1. The van der Waals surface area contributed by atoms with E-state index in [9.17, 15) is 0 Å². The van der Waals surface area contributed by atoms with Gasteiger partial charge in [0, 0.05) is 43.4 Å². The number of halogens is 1. The molecular formula is C33H40BrNO3. The van der Waals surface area contributed by atoms with Crippen LogP contribution in [0.25, 0.3) is 5.57 Å². The summed E-state index contributed by atoms with van der Waals surface area (Å²) >= 11 is 3.90. The lowest BCUT2D eigenvalue weighted by Gasteiger charge is -2.37. The summed E-state index contributed by atoms with van der Waals surface area (Å²) in [6.07, 6.45) is 8.22. The van der Waals surface area contributed by atoms with Crippen molar-refractivity contribution in [1.82, 2.24) is 0 Å². The molecule has 1 fully saturated rings. The van der Waals surface area contributed by atoms with Crippen LogP contribution in [-0.4, -0.2) is 33.6 Å². The second-order valence-electron chi connectivity index (χ2n) is 10.2. The molecule has 0 aromatic heterocycles. The van der Waals surface area contributed by atoms with Gasteiger partial charge in [0.2, 0.25) is 0 Å². The second-order valence-corrected chi connectivity index (χ2v) is 11.2. The normalized spacial score (nSPS) is 17.2. The highest BCUT2D eigenvalue weighted by molar-refractivity contribution is 9.11. The van der Waals surface area contributed by atoms with E-state index < -0.39 is 0 Å². The van der Waals surface area contributed by atoms with Crippen LogP contribution in [0.15, 0.2) is 88.6 Å². The Bertz CT molecular complexity index is 1200. The quantitative estimate of drug-likeness (QED) is 0.161. The Hall–Kier alpha value is -2.60. The van der Waals surface area contributed by atoms with E-state index in [2.05, 4.69) is 77.7 Å². The third-order valence-corrected chi connectivity index (χ3v) is 8.43. The number of aryl methyl sites for hydroxylation is 1. The van der Waals surface area contributed by atoms with Crippen LogP contribution in [0.2, 0.25) is 0 Å². The number of ether oxygens (including phenoxy) is 3. The van der Waals surface area contributed by atoms with E-state index in [1.807, 2.05) is 24.3 Å². The number of nitrogens with zero attached hydrogens (tertiary/aromatic N) is 1. The van der Waals surface area contributed by atoms with Gasteiger partial charge in [-0.25, -0.2) is 0 Å². The zero-order valence-corrected chi connectivity index (χ0v) is 24.7. The van der Waals surface area contributed by atoms with E-state index in [0.717, 1.165) is 44.3 Å². The van der Waals surface area contributed by atoms with Crippen molar-refractivity contribution in [2.24, 2.45) is 5.92 Å². The molecule has 4 nitrogen and oxygen atoms in total. The molecule has 1 aliphatic carbocycles. The van der Waals surface area contributed by atoms with Gasteiger partial charge in [0.15, 0.2) is 6.29 Å². The molecule has 202 valence electrons. The fourth-order valence-corrected chi connectivity index (χ4v) is 6.13. The first-order valence-corrected chi connectivity index (χ1v) is 14.2. The van der Waals surface area contributed by atoms with E-state index in [-0.39, 0.29) is 6.29 Å². The Labute approximate surface area is 236 Å². The van der Waals surface area contributed by atoms with Gasteiger partial charge >= 0.3 is 0 Å². The molecule has 4 rings (SSSR count). The number of hydrogen-bond donors (Lipinski definition) is 0. The maximum atomic E-state index is 5.91. The molecule has 0 unspecified atom stereocenters. The first kappa shape index (κ1) is 28.4. The molecule has 0 bridgehead atoms. The number of hydrogen-bond acceptors (Lipinski definition) is 4. The maximum absolute atomic E-state index is 5.91. The summed E-state index contributed by atoms with van der Waals surface area (Å²) in [5.41, 5.74) is 8.86. The molecule has 0 radical (unpaired) electrons. The fourth-order valence-electron chi connectivity index (χ4n) is 5.49. The van der Waals surface area contributed by atoms with Crippen LogP contribution in [0.3, 0.4) is 0 Å². The lowest BCUT2D eigenvalue weighted by Crippen LogP contribution is -2.39. The lowest BCUT2D eigenvalue weighted by molar-refractivity contribution is -0.141. The predicted molar refractivity (Wildman–Crippen MR) is 161 cm³/mol. The minimum Gasteiger partial charge on any atom is -0.490 e. The minimum absolute atomic E-state index is 0.113. The van der Waals surface area contributed by atoms with Crippen molar-refractivity contribution in [2.75, 3.05) is 32.2 Å². The van der Waals surface area contributed by atoms with Gasteiger partial charge in [-0.2, -0.15) is 0 Å². The van der Waals surface area contributed by atoms with Crippen molar-refractivity contribution < 1.29 is 14.2 Å². The first-order valence-electron chi connectivity index (χ1n) is 13.4. The first-order chi connectivity index (χ1) is 18.4. The summed E-state index contributed by atoms with van der Waals surface area (Å²) in [7, 11) is 3.46. The predicted octanol–water partition coefficient (Wildman–Crippen LogP) is 8.33. The Kier molecular flexibility index (Phi) is 10.1. The number of methoxy groups -OCH3 is 2. The second kappa shape index (κ2) is 13.5. The molecule has 2 aliphatic rings. The van der Waals surface area contributed by atoms with Crippen LogP contribution in [0.5, 0.6) is 0 Å². The van der Waals surface area contributed by atoms with Crippen molar-refractivity contribution in [3.05, 3.63) is 105 Å². The molecule has 2 aromatic carbocycles. The lowest BCUT2D eigenvalue weighted by atomic mass is 9.86. The van der Waals surface area contributed by atoms with E-state index in [1.54, 1.807) is 14.2 Å². The number of rotatable bonds is 10. The van der Waals surface area contributed by atoms with E-state index in [1.165, 1.54) is 38.0 Å². The van der Waals surface area contributed by atoms with Crippen molar-refractivity contribution in [3.63, 3.8) is 0 Å². The molecule has 1 heterocycles. The van der Waals surface area contributed by atoms with Crippen molar-refractivity contribution in [3.8, 4) is 0 Å². The van der Waals surface area contributed by atoms with Gasteiger partial charge in [-0.15, -0.1) is 0 Å². The van der Waals surface area contributed by atoms with Gasteiger partial charge in [0.1, 0.15) is 12.4 Å². The molecule has 0 amide bonds. The van der Waals surface area contributed by atoms with E-state index in [0.29, 0.717) is 18.3 Å². The molecule has 0 saturated carbocycles. The average molecular weight is 579 g/mol. The van der Waals surface area contributed by atoms with Crippen LogP contribution >= 0.6 is 15.9 Å². The summed E-state index contributed by atoms with van der Waals surface area (Å²) in [5.74, 6) is 1.10. The maximum Gasteiger partial charge on any atom is 0.159 e. The van der Waals surface area contributed by atoms with Gasteiger partial charge in [0.25, 0.3) is 0 Å². The molecule has 38 heavy (non-hydrogen) atoms. The van der Waals surface area contributed by atoms with Crippen molar-refractivity contribution in [1.29, 1.82) is 0 Å². The van der Waals surface area contributed by atoms with Crippen LogP contribution in [0.4, 0.5) is 5.69 Å². The van der Waals surface area contributed by atoms with Gasteiger partial charge in [-0.05, 0) is 85.6 Å². The number of allylic oxidation sites excluding steroid dienone is 6. The Morgan fingerprint density at radius 1 is 1.05 bits per heavy atom. The van der Waals surface area contributed by atoms with Crippen LogP contribution in [0.1, 0.15) is 49.3 Å². The summed E-state index contributed by atoms with van der Waals surface area (Å²) < 4.78 is 18.2. The molecule has 0 spiro atoms. The topological polar surface area (TPSA) is 30.9 Å². The fraction of sp³-hybridized carbons (Fsp3) is 0.394. The molecule has 1 aliphatic heterocycles. The monoisotopic (exact) mass is 577 g/mol. The van der Waals surface area contributed by atoms with Gasteiger partial charge in [-0.1, -0.05) is 70.6 Å². The van der Waals surface area contributed by atoms with E-state index in [4.69, 9.17) is 14.2 Å². The molecule has 0 N–H and O–H groups in total. The number of piperidine rings is 1. The molecule has 0 atom stereocenters. The summed E-state index contributed by atoms with van der Waals surface area (Å²) in [5, 5.41) is 0. The average Bonchev–Trinajstić information content (AvgIpc) is 2.94. The van der Waals surface area contributed by atoms with Crippen molar-refractivity contribution in [2.45, 2.75) is 52.4 Å². The third kappa shape index (κ3) is 6.88. The smallest absolute Gasteiger partial charge is 0.159 e. The molecular weight excluding hydrogens is 538 g/mol. The standard InChI is InChI=1S/C33H40BrNO3/c1-23-11-15-30(34)32(29(23)14-12-25(3)38-22-26-9-7-6-8-10-26)28-13-16-31(24(2)21-28)35-19-17-27(18-20-35)33(36-4)37-5/h6-10,12-14,16,21,27,33H,3,11,15,17-20,22H2,1-2,4-5H3/b14-12-. The number of benzene rings is 2. The van der Waals surface area contributed by atoms with Gasteiger partial charge in [0.05, 0.1) is 0 Å². The molecule has 1 saturated heterocycles. The van der Waals surface area contributed by atoms with E-state index >= 15 is 0 Å². The zero-order valence-electron chi connectivity index (χ0n) is 23.1. The number of anilines is 1. The van der Waals surface area contributed by atoms with Crippen molar-refractivity contribution >= 4 is 27.2 Å². The van der Waals surface area contributed by atoms with Crippen LogP contribution in [-0.2, 0) is 20.8 Å². The van der Waals surface area contributed by atoms with Gasteiger partial charge < -0.3 is 19.1 Å². The Balaban J connectivity index is 1.48. The SMILES string of the molecule is C=C(/C=C\C1=C(C)CCC(Br)=C1c1ccc(N2CCC(C(OC)OC)CC2)c(C)c1)OCc1ccccc1. The Morgan fingerprint density at radius 3 is 2.42 bits per heavy atom. The third-order valence-electron chi connectivity index (χ3n) is 7.64. The van der Waals surface area contributed by atoms with Crippen LogP contribution in [0, 0.1) is 12.8 Å². The van der Waals surface area contributed by atoms with Gasteiger partial charge in [-0.3, -0.25) is 0 Å². The van der Waals surface area contributed by atoms with Crippen LogP contribution < -0.4 is 4.90 Å². The highest BCUT2D eigenvalue weighted by atomic mass is 79.9. The zero-order chi connectivity index (χ0) is 27.1. The molecule has 5 heteroatoms. The highest BCUT2D eigenvalue weighted by Gasteiger charge is 2.27. The largest absolute Gasteiger partial charge is 0.490 e. The summed E-state index contributed by atoms with van der Waals surface area (Å²) in [4.78, 5) is 2.50. The summed E-state index contributed by atoms with van der Waals surface area (Å²) in [6, 6.07) is 17.1. The Morgan fingerprint density at radius 2 is 1.76 bits per heavy atom. The highest BCUT2D eigenvalue weighted by Crippen LogP contribution is 2.41.